The van der Waals surface area contributed by atoms with E-state index < -0.39 is 5.91 Å². The lowest BCUT2D eigenvalue weighted by molar-refractivity contribution is 0.0977. The number of aliphatic imine (C=N–C) groups is 1. The number of furan rings is 1. The zero-order valence-electron chi connectivity index (χ0n) is 11.0. The second-order valence-electron chi connectivity index (χ2n) is 3.93. The van der Waals surface area contributed by atoms with E-state index in [0.29, 0.717) is 18.1 Å². The van der Waals surface area contributed by atoms with Gasteiger partial charge in [0.05, 0.1) is 12.2 Å². The first kappa shape index (κ1) is 13.7. The molecule has 0 bridgehead atoms. The average Bonchev–Trinajstić information content (AvgIpc) is 2.88. The predicted octanol–water partition coefficient (Wildman–Crippen LogP) is 1.76. The minimum Gasteiger partial charge on any atom is -0.493 e. The molecule has 0 aliphatic carbocycles. The summed E-state index contributed by atoms with van der Waals surface area (Å²) in [5.41, 5.74) is 11.1. The van der Waals surface area contributed by atoms with Crippen LogP contribution in [0.3, 0.4) is 0 Å². The van der Waals surface area contributed by atoms with Crippen molar-refractivity contribution in [1.29, 1.82) is 0 Å². The number of guanidine groups is 1. The van der Waals surface area contributed by atoms with Gasteiger partial charge in [-0.05, 0) is 31.2 Å². The van der Waals surface area contributed by atoms with Crippen LogP contribution >= 0.6 is 0 Å². The highest BCUT2D eigenvalue weighted by Crippen LogP contribution is 2.31. The lowest BCUT2D eigenvalue weighted by Gasteiger charge is -2.07. The number of benzene rings is 1. The Kier molecular flexibility index (Phi) is 4.05. The maximum absolute atomic E-state index is 11.6. The molecule has 1 heterocycles. The van der Waals surface area contributed by atoms with Crippen LogP contribution in [0.2, 0.25) is 0 Å². The van der Waals surface area contributed by atoms with Gasteiger partial charge < -0.3 is 20.6 Å². The summed E-state index contributed by atoms with van der Waals surface area (Å²) in [6.07, 6.45) is 0. The van der Waals surface area contributed by atoms with Gasteiger partial charge in [-0.25, -0.2) is 0 Å². The van der Waals surface area contributed by atoms with Crippen LogP contribution in [0.1, 0.15) is 17.5 Å². The SMILES string of the molecule is CCOc1ccccc1-c1ccc(C(=O)N=C(N)N)o1. The van der Waals surface area contributed by atoms with Gasteiger partial charge in [0.15, 0.2) is 11.7 Å². The fourth-order valence-corrected chi connectivity index (χ4v) is 1.72. The molecule has 1 amide bonds. The van der Waals surface area contributed by atoms with E-state index in [0.717, 1.165) is 5.56 Å². The molecule has 0 spiro atoms. The van der Waals surface area contributed by atoms with Crippen molar-refractivity contribution in [2.75, 3.05) is 6.61 Å². The van der Waals surface area contributed by atoms with Crippen LogP contribution in [0, 0.1) is 0 Å². The van der Waals surface area contributed by atoms with E-state index in [1.54, 1.807) is 6.07 Å². The molecule has 6 nitrogen and oxygen atoms in total. The summed E-state index contributed by atoms with van der Waals surface area (Å²) >= 11 is 0. The summed E-state index contributed by atoms with van der Waals surface area (Å²) < 4.78 is 11.0. The molecular weight excluding hydrogens is 258 g/mol. The lowest BCUT2D eigenvalue weighted by Crippen LogP contribution is -2.24. The number of hydrogen-bond acceptors (Lipinski definition) is 3. The first-order valence-electron chi connectivity index (χ1n) is 6.07. The number of carbonyl (C=O) groups is 1. The Bertz CT molecular complexity index is 643. The highest BCUT2D eigenvalue weighted by Gasteiger charge is 2.14. The highest BCUT2D eigenvalue weighted by atomic mass is 16.5. The standard InChI is InChI=1S/C14H15N3O3/c1-2-19-10-6-4-3-5-9(10)11-7-8-12(20-11)13(18)17-14(15)16/h3-8H,2H2,1H3,(H4,15,16,17,18). The van der Waals surface area contributed by atoms with E-state index in [2.05, 4.69) is 4.99 Å². The topological polar surface area (TPSA) is 104 Å². The van der Waals surface area contributed by atoms with E-state index in [1.807, 2.05) is 31.2 Å². The molecule has 0 aliphatic rings. The van der Waals surface area contributed by atoms with E-state index in [9.17, 15) is 4.79 Å². The van der Waals surface area contributed by atoms with Crippen molar-refractivity contribution in [3.05, 3.63) is 42.2 Å². The van der Waals surface area contributed by atoms with E-state index in [4.69, 9.17) is 20.6 Å². The van der Waals surface area contributed by atoms with Crippen LogP contribution in [0.15, 0.2) is 45.8 Å². The molecule has 2 aromatic rings. The van der Waals surface area contributed by atoms with Crippen LogP contribution in [0.25, 0.3) is 11.3 Å². The predicted molar refractivity (Wildman–Crippen MR) is 75.5 cm³/mol. The Morgan fingerprint density at radius 2 is 2.00 bits per heavy atom. The molecule has 0 unspecified atom stereocenters. The number of para-hydroxylation sites is 1. The molecule has 0 aliphatic heterocycles. The van der Waals surface area contributed by atoms with Crippen LogP contribution in [0.5, 0.6) is 5.75 Å². The van der Waals surface area contributed by atoms with Gasteiger partial charge in [0.2, 0.25) is 0 Å². The second kappa shape index (κ2) is 5.92. The normalized spacial score (nSPS) is 10.1. The molecule has 104 valence electrons. The van der Waals surface area contributed by atoms with Crippen molar-refractivity contribution in [2.45, 2.75) is 6.92 Å². The van der Waals surface area contributed by atoms with Crippen molar-refractivity contribution in [3.63, 3.8) is 0 Å². The van der Waals surface area contributed by atoms with Crippen molar-refractivity contribution < 1.29 is 13.9 Å². The monoisotopic (exact) mass is 273 g/mol. The lowest BCUT2D eigenvalue weighted by atomic mass is 10.1. The largest absolute Gasteiger partial charge is 0.493 e. The average molecular weight is 273 g/mol. The van der Waals surface area contributed by atoms with Crippen molar-refractivity contribution >= 4 is 11.9 Å². The molecule has 2 rings (SSSR count). The maximum Gasteiger partial charge on any atom is 0.315 e. The third-order valence-corrected chi connectivity index (χ3v) is 2.50. The molecule has 1 aromatic heterocycles. The van der Waals surface area contributed by atoms with Gasteiger partial charge in [0.25, 0.3) is 0 Å². The summed E-state index contributed by atoms with van der Waals surface area (Å²) in [6, 6.07) is 10.6. The van der Waals surface area contributed by atoms with Crippen LogP contribution in [-0.4, -0.2) is 18.5 Å². The molecular formula is C14H15N3O3. The number of amides is 1. The summed E-state index contributed by atoms with van der Waals surface area (Å²) in [5, 5.41) is 0. The summed E-state index contributed by atoms with van der Waals surface area (Å²) in [4.78, 5) is 15.1. The molecule has 0 fully saturated rings. The molecule has 1 aromatic carbocycles. The molecule has 0 saturated carbocycles. The van der Waals surface area contributed by atoms with Crippen molar-refractivity contribution in [1.82, 2.24) is 0 Å². The van der Waals surface area contributed by atoms with E-state index >= 15 is 0 Å². The minimum atomic E-state index is -0.620. The number of hydrogen-bond donors (Lipinski definition) is 2. The van der Waals surface area contributed by atoms with Gasteiger partial charge in [-0.15, -0.1) is 0 Å². The van der Waals surface area contributed by atoms with Gasteiger partial charge in [-0.1, -0.05) is 12.1 Å². The number of ether oxygens (including phenoxy) is 1. The van der Waals surface area contributed by atoms with Crippen molar-refractivity contribution in [3.8, 4) is 17.1 Å². The molecule has 4 N–H and O–H groups in total. The Morgan fingerprint density at radius 3 is 2.70 bits per heavy atom. The number of rotatable bonds is 4. The minimum absolute atomic E-state index is 0.0692. The highest BCUT2D eigenvalue weighted by molar-refractivity contribution is 6.00. The van der Waals surface area contributed by atoms with Gasteiger partial charge in [0.1, 0.15) is 11.5 Å². The summed E-state index contributed by atoms with van der Waals surface area (Å²) in [5.74, 6) is 0.348. The first-order chi connectivity index (χ1) is 9.61. The van der Waals surface area contributed by atoms with Gasteiger partial charge >= 0.3 is 5.91 Å². The fraction of sp³-hybridized carbons (Fsp3) is 0.143. The summed E-state index contributed by atoms with van der Waals surface area (Å²) in [6.45, 7) is 2.43. The molecule has 6 heteroatoms. The number of nitrogens with zero attached hydrogens (tertiary/aromatic N) is 1. The quantitative estimate of drug-likeness (QED) is 0.652. The molecule has 0 radical (unpaired) electrons. The Hall–Kier alpha value is -2.76. The van der Waals surface area contributed by atoms with Gasteiger partial charge in [-0.3, -0.25) is 4.79 Å². The molecule has 0 atom stereocenters. The van der Waals surface area contributed by atoms with Gasteiger partial charge in [-0.2, -0.15) is 4.99 Å². The number of nitrogens with two attached hydrogens (primary N) is 2. The zero-order valence-corrected chi connectivity index (χ0v) is 11.0. The van der Waals surface area contributed by atoms with Gasteiger partial charge in [0, 0.05) is 0 Å². The second-order valence-corrected chi connectivity index (χ2v) is 3.93. The molecule has 20 heavy (non-hydrogen) atoms. The summed E-state index contributed by atoms with van der Waals surface area (Å²) in [7, 11) is 0. The molecule has 0 saturated heterocycles. The number of carbonyl (C=O) groups excluding carboxylic acids is 1. The van der Waals surface area contributed by atoms with Crippen LogP contribution < -0.4 is 16.2 Å². The third kappa shape index (κ3) is 2.97. The third-order valence-electron chi connectivity index (χ3n) is 2.50. The Labute approximate surface area is 116 Å². The maximum atomic E-state index is 11.6. The van der Waals surface area contributed by atoms with E-state index in [1.165, 1.54) is 6.07 Å². The van der Waals surface area contributed by atoms with Crippen LogP contribution in [-0.2, 0) is 0 Å². The fourth-order valence-electron chi connectivity index (χ4n) is 1.72. The van der Waals surface area contributed by atoms with E-state index in [-0.39, 0.29) is 11.7 Å². The van der Waals surface area contributed by atoms with Crippen LogP contribution in [0.4, 0.5) is 0 Å². The zero-order chi connectivity index (χ0) is 14.5. The Balaban J connectivity index is 2.34. The smallest absolute Gasteiger partial charge is 0.315 e. The Morgan fingerprint density at radius 1 is 1.25 bits per heavy atom. The van der Waals surface area contributed by atoms with Crippen molar-refractivity contribution in [2.24, 2.45) is 16.5 Å². The first-order valence-corrected chi connectivity index (χ1v) is 6.07.